The summed E-state index contributed by atoms with van der Waals surface area (Å²) in [5, 5.41) is 0. The zero-order chi connectivity index (χ0) is 33.1. The molecule has 0 aliphatic rings. The van der Waals surface area contributed by atoms with Crippen LogP contribution in [0.5, 0.6) is 0 Å². The van der Waals surface area contributed by atoms with Crippen molar-refractivity contribution in [3.05, 3.63) is 35.4 Å². The molecule has 1 aromatic carbocycles. The maximum atomic E-state index is 12.9. The van der Waals surface area contributed by atoms with Crippen molar-refractivity contribution in [2.45, 2.75) is 145 Å². The molecule has 0 spiro atoms. The predicted molar refractivity (Wildman–Crippen MR) is 161 cm³/mol. The van der Waals surface area contributed by atoms with Gasteiger partial charge in [0.25, 0.3) is 0 Å². The second-order valence-corrected chi connectivity index (χ2v) is 10.2. The number of ether oxygens (including phenoxy) is 10. The van der Waals surface area contributed by atoms with Gasteiger partial charge in [-0.25, -0.2) is 9.59 Å². The lowest BCUT2D eigenvalue weighted by Gasteiger charge is -2.25. The van der Waals surface area contributed by atoms with Gasteiger partial charge in [-0.05, 0) is 80.4 Å². The fourth-order valence-electron chi connectivity index (χ4n) is 3.94. The van der Waals surface area contributed by atoms with E-state index < -0.39 is 62.3 Å². The first-order chi connectivity index (χ1) is 20.9. The molecule has 0 radical (unpaired) electrons. The SMILES string of the molecule is CCCCOC(C)OC(C)OC(C)OC(C)OC(=O)c1ccccc1C(=O)OC(C)OC(C)OC(C)OC(C)OCCCC. The summed E-state index contributed by atoms with van der Waals surface area (Å²) >= 11 is 0. The lowest BCUT2D eigenvalue weighted by molar-refractivity contribution is -0.301. The number of hydrogen-bond donors (Lipinski definition) is 0. The summed E-state index contributed by atoms with van der Waals surface area (Å²) in [6.07, 6.45) is -1.70. The normalized spacial score (nSPS) is 17.1. The van der Waals surface area contributed by atoms with Crippen molar-refractivity contribution in [3.63, 3.8) is 0 Å². The van der Waals surface area contributed by atoms with Gasteiger partial charge in [0.2, 0.25) is 12.6 Å². The Morgan fingerprint density at radius 3 is 1.11 bits per heavy atom. The van der Waals surface area contributed by atoms with Crippen LogP contribution in [0.15, 0.2) is 24.3 Å². The second kappa shape index (κ2) is 22.4. The molecule has 12 heteroatoms. The Bertz CT molecular complexity index is 855. The quantitative estimate of drug-likeness (QED) is 0.0703. The van der Waals surface area contributed by atoms with Crippen LogP contribution in [0.1, 0.15) is 116 Å². The molecule has 0 aromatic heterocycles. The molecule has 0 saturated heterocycles. The minimum atomic E-state index is -0.990. The van der Waals surface area contributed by atoms with E-state index in [1.807, 2.05) is 0 Å². The smallest absolute Gasteiger partial charge is 0.341 e. The highest BCUT2D eigenvalue weighted by atomic mass is 16.8. The first-order valence-electron chi connectivity index (χ1n) is 15.5. The first kappa shape index (κ1) is 39.9. The lowest BCUT2D eigenvalue weighted by atomic mass is 10.1. The van der Waals surface area contributed by atoms with Gasteiger partial charge in [0.1, 0.15) is 0 Å². The molecule has 0 N–H and O–H groups in total. The van der Waals surface area contributed by atoms with Crippen molar-refractivity contribution in [2.75, 3.05) is 13.2 Å². The molecule has 12 nitrogen and oxygen atoms in total. The third-order valence-electron chi connectivity index (χ3n) is 5.91. The summed E-state index contributed by atoms with van der Waals surface area (Å²) in [5.74, 6) is -1.54. The van der Waals surface area contributed by atoms with E-state index in [2.05, 4.69) is 13.8 Å². The summed E-state index contributed by atoms with van der Waals surface area (Å²) in [5.41, 5.74) is 0.0127. The van der Waals surface area contributed by atoms with Gasteiger partial charge in [0.05, 0.1) is 11.1 Å². The Labute approximate surface area is 262 Å². The highest BCUT2D eigenvalue weighted by molar-refractivity contribution is 6.03. The maximum absolute atomic E-state index is 12.9. The van der Waals surface area contributed by atoms with Crippen LogP contribution >= 0.6 is 0 Å². The van der Waals surface area contributed by atoms with Crippen molar-refractivity contribution in [3.8, 4) is 0 Å². The van der Waals surface area contributed by atoms with Gasteiger partial charge in [-0.2, -0.15) is 0 Å². The van der Waals surface area contributed by atoms with Crippen molar-refractivity contribution < 1.29 is 57.0 Å². The molecule has 0 saturated carbocycles. The van der Waals surface area contributed by atoms with Gasteiger partial charge in [-0.3, -0.25) is 0 Å². The van der Waals surface area contributed by atoms with E-state index in [0.717, 1.165) is 25.7 Å². The summed E-state index contributed by atoms with van der Waals surface area (Å²) in [6.45, 7) is 18.8. The molecular formula is C32H54O12. The molecular weight excluding hydrogens is 576 g/mol. The van der Waals surface area contributed by atoms with Gasteiger partial charge < -0.3 is 47.4 Å². The summed E-state index contributed by atoms with van der Waals surface area (Å²) in [6, 6.07) is 6.14. The molecule has 0 aliphatic carbocycles. The van der Waals surface area contributed by atoms with Crippen LogP contribution in [0.3, 0.4) is 0 Å². The van der Waals surface area contributed by atoms with E-state index in [4.69, 9.17) is 47.4 Å². The van der Waals surface area contributed by atoms with Crippen molar-refractivity contribution in [2.24, 2.45) is 0 Å². The number of hydrogen-bond acceptors (Lipinski definition) is 12. The van der Waals surface area contributed by atoms with E-state index in [0.29, 0.717) is 13.2 Å². The maximum Gasteiger partial charge on any atom is 0.341 e. The van der Waals surface area contributed by atoms with Crippen molar-refractivity contribution in [1.29, 1.82) is 0 Å². The molecule has 0 amide bonds. The molecule has 1 rings (SSSR count). The molecule has 8 unspecified atom stereocenters. The monoisotopic (exact) mass is 630 g/mol. The second-order valence-electron chi connectivity index (χ2n) is 10.2. The van der Waals surface area contributed by atoms with Crippen LogP contribution in [0.4, 0.5) is 0 Å². The lowest BCUT2D eigenvalue weighted by Crippen LogP contribution is -2.31. The highest BCUT2D eigenvalue weighted by Gasteiger charge is 2.25. The molecule has 1 aromatic rings. The standard InChI is InChI=1S/C32H54O12/c1-11-13-19-35-21(3)37-23(5)39-25(7)41-27(9)43-31(33)29-17-15-16-18-30(29)32(34)44-28(10)42-26(8)40-24(6)38-22(4)36-20-14-12-2/h15-18,21-28H,11-14,19-20H2,1-10H3. The van der Waals surface area contributed by atoms with Crippen molar-refractivity contribution >= 4 is 11.9 Å². The minimum Gasteiger partial charge on any atom is -0.432 e. The van der Waals surface area contributed by atoms with Gasteiger partial charge >= 0.3 is 11.9 Å². The van der Waals surface area contributed by atoms with Crippen LogP contribution in [-0.4, -0.2) is 75.5 Å². The van der Waals surface area contributed by atoms with Crippen LogP contribution in [0, 0.1) is 0 Å². The van der Waals surface area contributed by atoms with Gasteiger partial charge in [-0.15, -0.1) is 0 Å². The molecule has 44 heavy (non-hydrogen) atoms. The van der Waals surface area contributed by atoms with E-state index in [1.54, 1.807) is 67.5 Å². The Morgan fingerprint density at radius 1 is 0.500 bits per heavy atom. The topological polar surface area (TPSA) is 126 Å². The number of carbonyl (C=O) groups is 2. The van der Waals surface area contributed by atoms with Crippen molar-refractivity contribution in [1.82, 2.24) is 0 Å². The third kappa shape index (κ3) is 17.4. The van der Waals surface area contributed by atoms with Crippen LogP contribution < -0.4 is 0 Å². The zero-order valence-electron chi connectivity index (χ0n) is 28.1. The Hall–Kier alpha value is -2.16. The number of benzene rings is 1. The molecule has 0 bridgehead atoms. The Morgan fingerprint density at radius 2 is 0.795 bits per heavy atom. The number of rotatable bonds is 24. The molecule has 0 heterocycles. The van der Waals surface area contributed by atoms with Crippen LogP contribution in [0.25, 0.3) is 0 Å². The molecule has 0 fully saturated rings. The number of carbonyl (C=O) groups excluding carboxylic acids is 2. The fourth-order valence-corrected chi connectivity index (χ4v) is 3.94. The zero-order valence-corrected chi connectivity index (χ0v) is 28.1. The van der Waals surface area contributed by atoms with E-state index in [9.17, 15) is 9.59 Å². The van der Waals surface area contributed by atoms with Crippen LogP contribution in [-0.2, 0) is 47.4 Å². The number of esters is 2. The molecule has 8 atom stereocenters. The van der Waals surface area contributed by atoms with Gasteiger partial charge in [-0.1, -0.05) is 38.8 Å². The average Bonchev–Trinajstić information content (AvgIpc) is 2.92. The number of unbranched alkanes of at least 4 members (excludes halogenated alkanes) is 2. The first-order valence-corrected chi connectivity index (χ1v) is 15.5. The molecule has 0 aliphatic heterocycles. The summed E-state index contributed by atoms with van der Waals surface area (Å²) in [7, 11) is 0. The Balaban J connectivity index is 2.58. The molecule has 254 valence electrons. The minimum absolute atomic E-state index is 0.00635. The van der Waals surface area contributed by atoms with Crippen LogP contribution in [0.2, 0.25) is 0 Å². The van der Waals surface area contributed by atoms with E-state index in [-0.39, 0.29) is 11.1 Å². The van der Waals surface area contributed by atoms with E-state index in [1.165, 1.54) is 12.1 Å². The Kier molecular flexibility index (Phi) is 20.3. The predicted octanol–water partition coefficient (Wildman–Crippen LogP) is 6.50. The van der Waals surface area contributed by atoms with Gasteiger partial charge in [0.15, 0.2) is 37.7 Å². The third-order valence-corrected chi connectivity index (χ3v) is 5.91. The summed E-state index contributed by atoms with van der Waals surface area (Å²) in [4.78, 5) is 25.9. The summed E-state index contributed by atoms with van der Waals surface area (Å²) < 4.78 is 55.8. The van der Waals surface area contributed by atoms with E-state index >= 15 is 0 Å². The highest BCUT2D eigenvalue weighted by Crippen LogP contribution is 2.17. The largest absolute Gasteiger partial charge is 0.432 e. The average molecular weight is 631 g/mol. The van der Waals surface area contributed by atoms with Gasteiger partial charge in [0, 0.05) is 13.2 Å². The fraction of sp³-hybridized carbons (Fsp3) is 0.750.